The van der Waals surface area contributed by atoms with Crippen LogP contribution in [0.4, 0.5) is 0 Å². The zero-order valence-corrected chi connectivity index (χ0v) is 14.3. The number of hydrogen-bond donors (Lipinski definition) is 0. The highest BCUT2D eigenvalue weighted by atomic mass is 35.5. The number of rotatable bonds is 3. The SMILES string of the molecule is C[C@@H]1CCC[C@H](C)N1C(=O)c1ccc(Cn2cc(Cl)cn2)cc1. The molecule has 2 heterocycles. The van der Waals surface area contributed by atoms with Gasteiger partial charge in [-0.25, -0.2) is 0 Å². The van der Waals surface area contributed by atoms with Crippen LogP contribution in [0, 0.1) is 0 Å². The van der Waals surface area contributed by atoms with Crippen LogP contribution in [0.15, 0.2) is 36.7 Å². The van der Waals surface area contributed by atoms with Crippen LogP contribution in [0.5, 0.6) is 0 Å². The van der Waals surface area contributed by atoms with Crippen LogP contribution in [-0.4, -0.2) is 32.7 Å². The van der Waals surface area contributed by atoms with Crippen LogP contribution in [0.25, 0.3) is 0 Å². The Morgan fingerprint density at radius 2 is 1.87 bits per heavy atom. The highest BCUT2D eigenvalue weighted by Crippen LogP contribution is 2.24. The van der Waals surface area contributed by atoms with E-state index < -0.39 is 0 Å². The summed E-state index contributed by atoms with van der Waals surface area (Å²) in [5, 5.41) is 4.80. The molecule has 0 radical (unpaired) electrons. The Morgan fingerprint density at radius 1 is 1.22 bits per heavy atom. The predicted octanol–water partition coefficient (Wildman–Crippen LogP) is 3.99. The van der Waals surface area contributed by atoms with E-state index in [9.17, 15) is 4.79 Å². The topological polar surface area (TPSA) is 38.1 Å². The zero-order chi connectivity index (χ0) is 16.4. The normalized spacial score (nSPS) is 21.4. The summed E-state index contributed by atoms with van der Waals surface area (Å²) in [6.07, 6.45) is 6.80. The Labute approximate surface area is 142 Å². The summed E-state index contributed by atoms with van der Waals surface area (Å²) in [6.45, 7) is 4.93. The van der Waals surface area contributed by atoms with E-state index in [0.29, 0.717) is 23.7 Å². The fourth-order valence-electron chi connectivity index (χ4n) is 3.34. The van der Waals surface area contributed by atoms with Gasteiger partial charge in [-0.1, -0.05) is 23.7 Å². The zero-order valence-electron chi connectivity index (χ0n) is 13.6. The summed E-state index contributed by atoms with van der Waals surface area (Å²) >= 11 is 5.87. The largest absolute Gasteiger partial charge is 0.333 e. The van der Waals surface area contributed by atoms with Crippen LogP contribution in [0.1, 0.15) is 49.0 Å². The highest BCUT2D eigenvalue weighted by molar-refractivity contribution is 6.30. The van der Waals surface area contributed by atoms with Crippen LogP contribution >= 0.6 is 11.6 Å². The summed E-state index contributed by atoms with van der Waals surface area (Å²) in [6, 6.07) is 8.44. The van der Waals surface area contributed by atoms with Gasteiger partial charge in [-0.3, -0.25) is 9.48 Å². The molecule has 1 aromatic heterocycles. The third kappa shape index (κ3) is 3.58. The van der Waals surface area contributed by atoms with Crippen molar-refractivity contribution in [3.05, 3.63) is 52.8 Å². The molecule has 1 saturated heterocycles. The second kappa shape index (κ2) is 6.75. The molecule has 1 aliphatic heterocycles. The van der Waals surface area contributed by atoms with Gasteiger partial charge in [0, 0.05) is 23.8 Å². The van der Waals surface area contributed by atoms with E-state index in [1.54, 1.807) is 17.1 Å². The van der Waals surface area contributed by atoms with E-state index in [1.807, 2.05) is 29.2 Å². The molecule has 122 valence electrons. The summed E-state index contributed by atoms with van der Waals surface area (Å²) in [4.78, 5) is 14.8. The van der Waals surface area contributed by atoms with Crippen molar-refractivity contribution in [2.45, 2.75) is 51.7 Å². The maximum atomic E-state index is 12.8. The van der Waals surface area contributed by atoms with Gasteiger partial charge in [0.15, 0.2) is 0 Å². The van der Waals surface area contributed by atoms with Gasteiger partial charge in [0.2, 0.25) is 0 Å². The molecular formula is C18H22ClN3O. The quantitative estimate of drug-likeness (QED) is 0.853. The van der Waals surface area contributed by atoms with Crippen LogP contribution < -0.4 is 0 Å². The number of aromatic nitrogens is 2. The lowest BCUT2D eigenvalue weighted by molar-refractivity contribution is 0.0511. The molecule has 0 spiro atoms. The lowest BCUT2D eigenvalue weighted by Gasteiger charge is -2.39. The van der Waals surface area contributed by atoms with Gasteiger partial charge < -0.3 is 4.90 Å². The van der Waals surface area contributed by atoms with Gasteiger partial charge in [0.05, 0.1) is 17.8 Å². The van der Waals surface area contributed by atoms with Gasteiger partial charge >= 0.3 is 0 Å². The first-order valence-electron chi connectivity index (χ1n) is 8.14. The smallest absolute Gasteiger partial charge is 0.254 e. The van der Waals surface area contributed by atoms with Crippen molar-refractivity contribution >= 4 is 17.5 Å². The van der Waals surface area contributed by atoms with Gasteiger partial charge in [-0.15, -0.1) is 0 Å². The van der Waals surface area contributed by atoms with Crippen molar-refractivity contribution in [3.8, 4) is 0 Å². The molecule has 0 N–H and O–H groups in total. The fraction of sp³-hybridized carbons (Fsp3) is 0.444. The Bertz CT molecular complexity index is 670. The van der Waals surface area contributed by atoms with Crippen molar-refractivity contribution in [3.63, 3.8) is 0 Å². The van der Waals surface area contributed by atoms with Crippen molar-refractivity contribution in [1.29, 1.82) is 0 Å². The second-order valence-electron chi connectivity index (χ2n) is 6.39. The summed E-state index contributed by atoms with van der Waals surface area (Å²) in [5.74, 6) is 0.137. The van der Waals surface area contributed by atoms with Gasteiger partial charge in [0.1, 0.15) is 0 Å². The Morgan fingerprint density at radius 3 is 2.43 bits per heavy atom. The number of nitrogens with zero attached hydrogens (tertiary/aromatic N) is 3. The van der Waals surface area contributed by atoms with Gasteiger partial charge in [-0.05, 0) is 50.8 Å². The number of amides is 1. The molecule has 3 rings (SSSR count). The maximum Gasteiger partial charge on any atom is 0.254 e. The molecule has 1 aromatic carbocycles. The van der Waals surface area contributed by atoms with Crippen LogP contribution in [-0.2, 0) is 6.54 Å². The van der Waals surface area contributed by atoms with Crippen LogP contribution in [0.3, 0.4) is 0 Å². The van der Waals surface area contributed by atoms with E-state index in [1.165, 1.54) is 6.42 Å². The van der Waals surface area contributed by atoms with E-state index >= 15 is 0 Å². The van der Waals surface area contributed by atoms with Crippen molar-refractivity contribution in [2.75, 3.05) is 0 Å². The van der Waals surface area contributed by atoms with Gasteiger partial charge in [0.25, 0.3) is 5.91 Å². The molecule has 2 aromatic rings. The number of benzene rings is 1. The van der Waals surface area contributed by atoms with Crippen molar-refractivity contribution in [2.24, 2.45) is 0 Å². The minimum absolute atomic E-state index is 0.137. The summed E-state index contributed by atoms with van der Waals surface area (Å²) in [7, 11) is 0. The molecule has 2 atom stereocenters. The Hall–Kier alpha value is -1.81. The molecule has 1 amide bonds. The molecule has 0 aliphatic carbocycles. The van der Waals surface area contributed by atoms with Crippen LogP contribution in [0.2, 0.25) is 5.02 Å². The highest BCUT2D eigenvalue weighted by Gasteiger charge is 2.29. The lowest BCUT2D eigenvalue weighted by atomic mass is 9.96. The number of halogens is 1. The Balaban J connectivity index is 1.72. The first kappa shape index (κ1) is 16.1. The minimum Gasteiger partial charge on any atom is -0.333 e. The summed E-state index contributed by atoms with van der Waals surface area (Å²) < 4.78 is 1.79. The Kier molecular flexibility index (Phi) is 4.71. The maximum absolute atomic E-state index is 12.8. The van der Waals surface area contributed by atoms with Gasteiger partial charge in [-0.2, -0.15) is 5.10 Å². The molecule has 0 bridgehead atoms. The standard InChI is InChI=1S/C18H22ClN3O/c1-13-4-3-5-14(2)22(13)18(23)16-8-6-15(7-9-16)11-21-12-17(19)10-20-21/h6-10,12-14H,3-5,11H2,1-2H3/t13-,14+. The first-order valence-corrected chi connectivity index (χ1v) is 8.52. The van der Waals surface area contributed by atoms with E-state index in [0.717, 1.165) is 24.0 Å². The molecule has 4 nitrogen and oxygen atoms in total. The third-order valence-corrected chi connectivity index (χ3v) is 4.77. The third-order valence-electron chi connectivity index (χ3n) is 4.58. The van der Waals surface area contributed by atoms with E-state index in [2.05, 4.69) is 18.9 Å². The summed E-state index contributed by atoms with van der Waals surface area (Å²) in [5.41, 5.74) is 1.86. The molecule has 23 heavy (non-hydrogen) atoms. The molecular weight excluding hydrogens is 310 g/mol. The van der Waals surface area contributed by atoms with E-state index in [-0.39, 0.29) is 5.91 Å². The molecule has 5 heteroatoms. The average molecular weight is 332 g/mol. The van der Waals surface area contributed by atoms with Crippen molar-refractivity contribution in [1.82, 2.24) is 14.7 Å². The molecule has 0 unspecified atom stereocenters. The second-order valence-corrected chi connectivity index (χ2v) is 6.83. The number of hydrogen-bond acceptors (Lipinski definition) is 2. The molecule has 1 fully saturated rings. The predicted molar refractivity (Wildman–Crippen MR) is 91.7 cm³/mol. The minimum atomic E-state index is 0.137. The first-order chi connectivity index (χ1) is 11.0. The number of carbonyl (C=O) groups excluding carboxylic acids is 1. The lowest BCUT2D eigenvalue weighted by Crippen LogP contribution is -2.47. The average Bonchev–Trinajstić information content (AvgIpc) is 2.93. The number of piperidine rings is 1. The van der Waals surface area contributed by atoms with Crippen molar-refractivity contribution < 1.29 is 4.79 Å². The van der Waals surface area contributed by atoms with E-state index in [4.69, 9.17) is 11.6 Å². The monoisotopic (exact) mass is 331 g/mol. The molecule has 0 saturated carbocycles. The number of likely N-dealkylation sites (tertiary alicyclic amines) is 1. The number of carbonyl (C=O) groups is 1. The fourth-order valence-corrected chi connectivity index (χ4v) is 3.49. The molecule has 1 aliphatic rings.